The Bertz CT molecular complexity index is 1070. The molecule has 26 heavy (non-hydrogen) atoms. The van der Waals surface area contributed by atoms with Gasteiger partial charge in [-0.2, -0.15) is 5.10 Å². The third-order valence-electron chi connectivity index (χ3n) is 4.52. The first kappa shape index (κ1) is 16.2. The zero-order valence-electron chi connectivity index (χ0n) is 14.1. The van der Waals surface area contributed by atoms with Gasteiger partial charge in [-0.3, -0.25) is 9.59 Å². The summed E-state index contributed by atoms with van der Waals surface area (Å²) in [5.41, 5.74) is 1.82. The molecule has 4 rings (SSSR count). The van der Waals surface area contributed by atoms with E-state index in [0.29, 0.717) is 12.2 Å². The molecular weight excluding hydrogens is 333 g/mol. The molecule has 0 saturated heterocycles. The quantitative estimate of drug-likeness (QED) is 0.715. The second-order valence-corrected chi connectivity index (χ2v) is 6.20. The minimum atomic E-state index is -0.475. The summed E-state index contributed by atoms with van der Waals surface area (Å²) in [6.45, 7) is 2.15. The molecule has 0 fully saturated rings. The van der Waals surface area contributed by atoms with Gasteiger partial charge in [0.15, 0.2) is 5.69 Å². The standard InChI is InChI=1S/C20H16FN3O2/c1-13-12-18(25)19(22-24(13)17-9-5-3-7-15(17)21)20(26)23-11-10-14-6-2-4-8-16(14)23/h2-9,12H,10-11H2,1H3. The molecule has 0 aliphatic carbocycles. The number of carbonyl (C=O) groups is 1. The zero-order valence-corrected chi connectivity index (χ0v) is 14.1. The van der Waals surface area contributed by atoms with E-state index in [1.165, 1.54) is 16.8 Å². The molecule has 1 aliphatic heterocycles. The Morgan fingerprint density at radius 2 is 1.77 bits per heavy atom. The fraction of sp³-hybridized carbons (Fsp3) is 0.150. The van der Waals surface area contributed by atoms with Crippen LogP contribution in [-0.4, -0.2) is 22.2 Å². The second kappa shape index (κ2) is 6.22. The lowest BCUT2D eigenvalue weighted by Gasteiger charge is -2.18. The fourth-order valence-corrected chi connectivity index (χ4v) is 3.24. The number of benzene rings is 2. The van der Waals surface area contributed by atoms with Gasteiger partial charge in [0.1, 0.15) is 11.5 Å². The summed E-state index contributed by atoms with van der Waals surface area (Å²) in [5.74, 6) is -0.943. The number of rotatable bonds is 2. The van der Waals surface area contributed by atoms with Crippen LogP contribution >= 0.6 is 0 Å². The first-order chi connectivity index (χ1) is 12.6. The molecule has 0 N–H and O–H groups in total. The third-order valence-corrected chi connectivity index (χ3v) is 4.52. The normalized spacial score (nSPS) is 12.9. The highest BCUT2D eigenvalue weighted by atomic mass is 19.1. The van der Waals surface area contributed by atoms with Crippen molar-refractivity contribution >= 4 is 11.6 Å². The van der Waals surface area contributed by atoms with Crippen LogP contribution in [0.15, 0.2) is 59.4 Å². The number of para-hydroxylation sites is 2. The molecule has 0 radical (unpaired) electrons. The summed E-state index contributed by atoms with van der Waals surface area (Å²) in [6.07, 6.45) is 0.731. The smallest absolute Gasteiger partial charge is 0.282 e. The summed E-state index contributed by atoms with van der Waals surface area (Å²) < 4.78 is 15.4. The molecule has 0 bridgehead atoms. The van der Waals surface area contributed by atoms with E-state index in [-0.39, 0.29) is 11.4 Å². The van der Waals surface area contributed by atoms with Crippen molar-refractivity contribution in [3.63, 3.8) is 0 Å². The van der Waals surface area contributed by atoms with Crippen LogP contribution in [0.25, 0.3) is 5.69 Å². The molecule has 1 amide bonds. The van der Waals surface area contributed by atoms with Gasteiger partial charge in [0.2, 0.25) is 5.43 Å². The average Bonchev–Trinajstić information content (AvgIpc) is 3.06. The van der Waals surface area contributed by atoms with Crippen molar-refractivity contribution in [1.82, 2.24) is 9.78 Å². The van der Waals surface area contributed by atoms with E-state index < -0.39 is 17.2 Å². The number of carbonyl (C=O) groups excluding carboxylic acids is 1. The van der Waals surface area contributed by atoms with Gasteiger partial charge in [-0.05, 0) is 37.1 Å². The molecule has 6 heteroatoms. The number of aryl methyl sites for hydroxylation is 1. The van der Waals surface area contributed by atoms with Crippen molar-refractivity contribution in [3.05, 3.63) is 87.6 Å². The van der Waals surface area contributed by atoms with Gasteiger partial charge in [-0.25, -0.2) is 9.07 Å². The summed E-state index contributed by atoms with van der Waals surface area (Å²) >= 11 is 0. The van der Waals surface area contributed by atoms with Crippen LogP contribution in [0.4, 0.5) is 10.1 Å². The Hall–Kier alpha value is -3.28. The predicted molar refractivity (Wildman–Crippen MR) is 96.4 cm³/mol. The van der Waals surface area contributed by atoms with Crippen LogP contribution in [-0.2, 0) is 6.42 Å². The van der Waals surface area contributed by atoms with Crippen LogP contribution in [0.3, 0.4) is 0 Å². The SMILES string of the molecule is Cc1cc(=O)c(C(=O)N2CCc3ccccc32)nn1-c1ccccc1F. The van der Waals surface area contributed by atoms with Crippen LogP contribution in [0, 0.1) is 12.7 Å². The minimum absolute atomic E-state index is 0.195. The molecule has 0 atom stereocenters. The van der Waals surface area contributed by atoms with Crippen molar-refractivity contribution in [3.8, 4) is 5.69 Å². The van der Waals surface area contributed by atoms with E-state index in [4.69, 9.17) is 0 Å². The van der Waals surface area contributed by atoms with Crippen molar-refractivity contribution in [2.75, 3.05) is 11.4 Å². The summed E-state index contributed by atoms with van der Waals surface area (Å²) in [4.78, 5) is 26.9. The Kier molecular flexibility index (Phi) is 3.88. The summed E-state index contributed by atoms with van der Waals surface area (Å²) in [5, 5.41) is 4.19. The van der Waals surface area contributed by atoms with Gasteiger partial charge in [-0.1, -0.05) is 30.3 Å². The third kappa shape index (κ3) is 2.60. The van der Waals surface area contributed by atoms with E-state index in [9.17, 15) is 14.0 Å². The maximum Gasteiger partial charge on any atom is 0.282 e. The van der Waals surface area contributed by atoms with Gasteiger partial charge in [0.25, 0.3) is 5.91 Å². The maximum atomic E-state index is 14.2. The number of fused-ring (bicyclic) bond motifs is 1. The largest absolute Gasteiger partial charge is 0.306 e. The van der Waals surface area contributed by atoms with E-state index in [1.54, 1.807) is 30.0 Å². The van der Waals surface area contributed by atoms with E-state index in [2.05, 4.69) is 5.10 Å². The van der Waals surface area contributed by atoms with Gasteiger partial charge < -0.3 is 4.90 Å². The number of anilines is 1. The fourth-order valence-electron chi connectivity index (χ4n) is 3.24. The highest BCUT2D eigenvalue weighted by molar-refractivity contribution is 6.05. The molecule has 130 valence electrons. The molecule has 1 aromatic heterocycles. The van der Waals surface area contributed by atoms with Crippen LogP contribution in [0.1, 0.15) is 21.7 Å². The van der Waals surface area contributed by atoms with Gasteiger partial charge in [-0.15, -0.1) is 0 Å². The number of aromatic nitrogens is 2. The first-order valence-corrected chi connectivity index (χ1v) is 8.32. The van der Waals surface area contributed by atoms with Crippen LogP contribution in [0.2, 0.25) is 0 Å². The van der Waals surface area contributed by atoms with Crippen molar-refractivity contribution in [2.24, 2.45) is 0 Å². The average molecular weight is 349 g/mol. The Balaban J connectivity index is 1.81. The summed E-state index contributed by atoms with van der Waals surface area (Å²) in [7, 11) is 0. The molecule has 0 spiro atoms. The number of amides is 1. The van der Waals surface area contributed by atoms with Gasteiger partial charge >= 0.3 is 0 Å². The number of hydrogen-bond acceptors (Lipinski definition) is 3. The lowest BCUT2D eigenvalue weighted by molar-refractivity contribution is 0.0981. The highest BCUT2D eigenvalue weighted by Crippen LogP contribution is 2.28. The highest BCUT2D eigenvalue weighted by Gasteiger charge is 2.28. The van der Waals surface area contributed by atoms with Crippen LogP contribution < -0.4 is 10.3 Å². The minimum Gasteiger partial charge on any atom is -0.306 e. The topological polar surface area (TPSA) is 55.2 Å². The molecule has 2 heterocycles. The lowest BCUT2D eigenvalue weighted by Crippen LogP contribution is -2.35. The van der Waals surface area contributed by atoms with E-state index in [1.807, 2.05) is 24.3 Å². The monoisotopic (exact) mass is 349 g/mol. The Morgan fingerprint density at radius 3 is 2.54 bits per heavy atom. The van der Waals surface area contributed by atoms with E-state index in [0.717, 1.165) is 17.7 Å². The molecule has 5 nitrogen and oxygen atoms in total. The maximum absolute atomic E-state index is 14.2. The molecule has 2 aromatic carbocycles. The molecule has 3 aromatic rings. The molecule has 1 aliphatic rings. The summed E-state index contributed by atoms with van der Waals surface area (Å²) in [6, 6.07) is 15.0. The predicted octanol–water partition coefficient (Wildman–Crippen LogP) is 2.88. The molecular formula is C20H16FN3O2. The Labute approximate surface area is 149 Å². The molecule has 0 unspecified atom stereocenters. The Morgan fingerprint density at radius 1 is 1.08 bits per heavy atom. The number of nitrogens with zero attached hydrogens (tertiary/aromatic N) is 3. The van der Waals surface area contributed by atoms with Crippen LogP contribution in [0.5, 0.6) is 0 Å². The van der Waals surface area contributed by atoms with Crippen molar-refractivity contribution in [1.29, 1.82) is 0 Å². The van der Waals surface area contributed by atoms with Gasteiger partial charge in [0, 0.05) is 24.0 Å². The van der Waals surface area contributed by atoms with Crippen molar-refractivity contribution in [2.45, 2.75) is 13.3 Å². The number of halogens is 1. The van der Waals surface area contributed by atoms with Gasteiger partial charge in [0.05, 0.1) is 0 Å². The zero-order chi connectivity index (χ0) is 18.3. The van der Waals surface area contributed by atoms with E-state index >= 15 is 0 Å². The van der Waals surface area contributed by atoms with Crippen molar-refractivity contribution < 1.29 is 9.18 Å². The lowest BCUT2D eigenvalue weighted by atomic mass is 10.2. The second-order valence-electron chi connectivity index (χ2n) is 6.20. The molecule has 0 saturated carbocycles. The first-order valence-electron chi connectivity index (χ1n) is 8.32. The number of hydrogen-bond donors (Lipinski definition) is 0.